The first-order valence-electron chi connectivity index (χ1n) is 6.10. The number of benzene rings is 1. The molecule has 0 amide bonds. The van der Waals surface area contributed by atoms with Crippen LogP contribution in [0.25, 0.3) is 11.3 Å². The molecular formula is C14H15N3O2. The molecule has 0 bridgehead atoms. The maximum Gasteiger partial charge on any atom is 0.364 e. The predicted octanol–water partition coefficient (Wildman–Crippen LogP) is 1.53. The van der Waals surface area contributed by atoms with Crippen LogP contribution in [0, 0.1) is 5.92 Å². The van der Waals surface area contributed by atoms with Gasteiger partial charge < -0.3 is 0 Å². The molecule has 0 fully saturated rings. The SMILES string of the molecule is CC(C)C(=O)Cn1ncc(-c2ccccc2)nc1=O. The number of aromatic nitrogens is 3. The van der Waals surface area contributed by atoms with Crippen LogP contribution in [0.1, 0.15) is 13.8 Å². The number of ketones is 1. The van der Waals surface area contributed by atoms with Gasteiger partial charge in [-0.15, -0.1) is 0 Å². The van der Waals surface area contributed by atoms with Gasteiger partial charge in [0, 0.05) is 11.5 Å². The number of hydrogen-bond donors (Lipinski definition) is 0. The van der Waals surface area contributed by atoms with Crippen LogP contribution in [0.15, 0.2) is 41.3 Å². The van der Waals surface area contributed by atoms with E-state index in [9.17, 15) is 9.59 Å². The van der Waals surface area contributed by atoms with E-state index in [4.69, 9.17) is 0 Å². The van der Waals surface area contributed by atoms with E-state index in [1.54, 1.807) is 13.8 Å². The Morgan fingerprint density at radius 2 is 1.95 bits per heavy atom. The summed E-state index contributed by atoms with van der Waals surface area (Å²) in [7, 11) is 0. The first-order valence-corrected chi connectivity index (χ1v) is 6.10. The van der Waals surface area contributed by atoms with Crippen molar-refractivity contribution < 1.29 is 4.79 Å². The molecule has 0 aliphatic heterocycles. The van der Waals surface area contributed by atoms with Crippen LogP contribution in [0.3, 0.4) is 0 Å². The molecule has 1 aromatic heterocycles. The third kappa shape index (κ3) is 3.13. The molecule has 1 aromatic carbocycles. The highest BCUT2D eigenvalue weighted by molar-refractivity contribution is 5.79. The first kappa shape index (κ1) is 13.1. The van der Waals surface area contributed by atoms with Crippen LogP contribution >= 0.6 is 0 Å². The van der Waals surface area contributed by atoms with Crippen molar-refractivity contribution in [3.05, 3.63) is 47.0 Å². The van der Waals surface area contributed by atoms with Crippen molar-refractivity contribution in [2.45, 2.75) is 20.4 Å². The molecular weight excluding hydrogens is 242 g/mol. The quantitative estimate of drug-likeness (QED) is 0.833. The summed E-state index contributed by atoms with van der Waals surface area (Å²) in [5, 5.41) is 4.00. The van der Waals surface area contributed by atoms with Gasteiger partial charge in [-0.25, -0.2) is 9.48 Å². The molecule has 0 radical (unpaired) electrons. The molecule has 0 aliphatic carbocycles. The minimum absolute atomic E-state index is 0.0292. The van der Waals surface area contributed by atoms with E-state index in [-0.39, 0.29) is 18.2 Å². The van der Waals surface area contributed by atoms with Crippen molar-refractivity contribution >= 4 is 5.78 Å². The van der Waals surface area contributed by atoms with Crippen LogP contribution < -0.4 is 5.69 Å². The van der Waals surface area contributed by atoms with E-state index >= 15 is 0 Å². The number of hydrogen-bond acceptors (Lipinski definition) is 4. The maximum atomic E-state index is 11.8. The van der Waals surface area contributed by atoms with Crippen LogP contribution in [-0.4, -0.2) is 20.5 Å². The Morgan fingerprint density at radius 3 is 2.53 bits per heavy atom. The minimum Gasteiger partial charge on any atom is -0.297 e. The molecule has 5 nitrogen and oxygen atoms in total. The standard InChI is InChI=1S/C14H15N3O2/c1-10(2)13(18)9-17-14(19)16-12(8-15-17)11-6-4-3-5-7-11/h3-8,10H,9H2,1-2H3. The molecule has 19 heavy (non-hydrogen) atoms. The van der Waals surface area contributed by atoms with Crippen molar-refractivity contribution in [1.82, 2.24) is 14.8 Å². The number of carbonyl (C=O) groups excluding carboxylic acids is 1. The highest BCUT2D eigenvalue weighted by Gasteiger charge is 2.11. The van der Waals surface area contributed by atoms with Gasteiger partial charge in [0.2, 0.25) is 0 Å². The van der Waals surface area contributed by atoms with Crippen LogP contribution in [0.2, 0.25) is 0 Å². The van der Waals surface area contributed by atoms with Gasteiger partial charge in [0.05, 0.1) is 11.9 Å². The topological polar surface area (TPSA) is 64.8 Å². The molecule has 0 aliphatic rings. The van der Waals surface area contributed by atoms with E-state index in [2.05, 4.69) is 10.1 Å². The van der Waals surface area contributed by atoms with Gasteiger partial charge in [-0.2, -0.15) is 10.1 Å². The number of Topliss-reactive ketones (excluding diaryl/α,β-unsaturated/α-hetero) is 1. The van der Waals surface area contributed by atoms with Crippen LogP contribution in [0.5, 0.6) is 0 Å². The lowest BCUT2D eigenvalue weighted by molar-refractivity contribution is -0.122. The Bertz CT molecular complexity index is 633. The highest BCUT2D eigenvalue weighted by atomic mass is 16.2. The van der Waals surface area contributed by atoms with Gasteiger partial charge in [0.25, 0.3) is 0 Å². The second kappa shape index (κ2) is 5.56. The Labute approximate surface area is 110 Å². The Morgan fingerprint density at radius 1 is 1.26 bits per heavy atom. The minimum atomic E-state index is -0.504. The van der Waals surface area contributed by atoms with Gasteiger partial charge in [0.1, 0.15) is 6.54 Å². The van der Waals surface area contributed by atoms with Gasteiger partial charge >= 0.3 is 5.69 Å². The summed E-state index contributed by atoms with van der Waals surface area (Å²) >= 11 is 0. The summed E-state index contributed by atoms with van der Waals surface area (Å²) in [6, 6.07) is 9.33. The zero-order valence-electron chi connectivity index (χ0n) is 10.9. The molecule has 0 atom stereocenters. The fourth-order valence-electron chi connectivity index (χ4n) is 1.55. The lowest BCUT2D eigenvalue weighted by Crippen LogP contribution is -2.30. The number of nitrogens with zero attached hydrogens (tertiary/aromatic N) is 3. The zero-order chi connectivity index (χ0) is 13.8. The van der Waals surface area contributed by atoms with Gasteiger partial charge in [-0.3, -0.25) is 4.79 Å². The van der Waals surface area contributed by atoms with Crippen LogP contribution in [0.4, 0.5) is 0 Å². The lowest BCUT2D eigenvalue weighted by atomic mass is 10.1. The summed E-state index contributed by atoms with van der Waals surface area (Å²) in [5.74, 6) is -0.161. The lowest BCUT2D eigenvalue weighted by Gasteiger charge is -2.06. The monoisotopic (exact) mass is 257 g/mol. The third-order valence-electron chi connectivity index (χ3n) is 2.78. The molecule has 1 heterocycles. The smallest absolute Gasteiger partial charge is 0.297 e. The van der Waals surface area contributed by atoms with Crippen molar-refractivity contribution in [2.24, 2.45) is 5.92 Å². The second-order valence-corrected chi connectivity index (χ2v) is 4.57. The number of carbonyl (C=O) groups is 1. The average Bonchev–Trinajstić information content (AvgIpc) is 2.41. The van der Waals surface area contributed by atoms with Crippen LogP contribution in [-0.2, 0) is 11.3 Å². The highest BCUT2D eigenvalue weighted by Crippen LogP contribution is 2.12. The summed E-state index contributed by atoms with van der Waals surface area (Å²) in [5.41, 5.74) is 0.837. The Kier molecular flexibility index (Phi) is 3.85. The van der Waals surface area contributed by atoms with E-state index in [1.165, 1.54) is 6.20 Å². The normalized spacial score (nSPS) is 10.7. The molecule has 0 N–H and O–H groups in total. The molecule has 5 heteroatoms. The molecule has 0 saturated heterocycles. The molecule has 98 valence electrons. The number of rotatable bonds is 4. The molecule has 0 saturated carbocycles. The largest absolute Gasteiger partial charge is 0.364 e. The second-order valence-electron chi connectivity index (χ2n) is 4.57. The van der Waals surface area contributed by atoms with Gasteiger partial charge in [-0.1, -0.05) is 44.2 Å². The van der Waals surface area contributed by atoms with E-state index in [1.807, 2.05) is 30.3 Å². The third-order valence-corrected chi connectivity index (χ3v) is 2.78. The Balaban J connectivity index is 2.28. The van der Waals surface area contributed by atoms with Gasteiger partial charge in [0.15, 0.2) is 5.78 Å². The van der Waals surface area contributed by atoms with Crippen molar-refractivity contribution in [3.63, 3.8) is 0 Å². The molecule has 0 unspecified atom stereocenters. The van der Waals surface area contributed by atoms with Gasteiger partial charge in [-0.05, 0) is 0 Å². The molecule has 2 rings (SSSR count). The molecule has 2 aromatic rings. The summed E-state index contributed by atoms with van der Waals surface area (Å²) in [6.45, 7) is 3.55. The summed E-state index contributed by atoms with van der Waals surface area (Å²) in [6.07, 6.45) is 1.50. The fraction of sp³-hybridized carbons (Fsp3) is 0.286. The van der Waals surface area contributed by atoms with E-state index in [0.717, 1.165) is 10.2 Å². The maximum absolute atomic E-state index is 11.8. The van der Waals surface area contributed by atoms with E-state index in [0.29, 0.717) is 5.69 Å². The summed E-state index contributed by atoms with van der Waals surface area (Å²) in [4.78, 5) is 27.3. The fourth-order valence-corrected chi connectivity index (χ4v) is 1.55. The predicted molar refractivity (Wildman–Crippen MR) is 71.6 cm³/mol. The average molecular weight is 257 g/mol. The zero-order valence-corrected chi connectivity index (χ0v) is 10.9. The van der Waals surface area contributed by atoms with Crippen molar-refractivity contribution in [3.8, 4) is 11.3 Å². The van der Waals surface area contributed by atoms with Crippen molar-refractivity contribution in [2.75, 3.05) is 0 Å². The first-order chi connectivity index (χ1) is 9.08. The van der Waals surface area contributed by atoms with Crippen molar-refractivity contribution in [1.29, 1.82) is 0 Å². The summed E-state index contributed by atoms with van der Waals surface area (Å²) < 4.78 is 1.09. The van der Waals surface area contributed by atoms with E-state index < -0.39 is 5.69 Å². The Hall–Kier alpha value is -2.30. The molecule has 0 spiro atoms.